The highest BCUT2D eigenvalue weighted by Crippen LogP contribution is 2.26. The lowest BCUT2D eigenvalue weighted by Crippen LogP contribution is -2.49. The highest BCUT2D eigenvalue weighted by atomic mass is 16.4. The molecule has 0 aromatic heterocycles. The minimum atomic E-state index is -0.907. The first kappa shape index (κ1) is 14.1. The van der Waals surface area contributed by atoms with Crippen LogP contribution in [0.25, 0.3) is 0 Å². The summed E-state index contributed by atoms with van der Waals surface area (Å²) in [4.78, 5) is 26.7. The summed E-state index contributed by atoms with van der Waals surface area (Å²) in [5, 5.41) is 11.9. The predicted molar refractivity (Wildman–Crippen MR) is 71.0 cm³/mol. The van der Waals surface area contributed by atoms with Crippen LogP contribution in [0.1, 0.15) is 32.6 Å². The van der Waals surface area contributed by atoms with E-state index in [4.69, 9.17) is 5.11 Å². The van der Waals surface area contributed by atoms with Crippen LogP contribution in [0, 0.1) is 0 Å². The number of carboxylic acids is 1. The van der Waals surface area contributed by atoms with E-state index in [0.29, 0.717) is 25.6 Å². The molecule has 1 aliphatic heterocycles. The van der Waals surface area contributed by atoms with Gasteiger partial charge in [-0.1, -0.05) is 0 Å². The second-order valence-electron chi connectivity index (χ2n) is 5.62. The zero-order valence-electron chi connectivity index (χ0n) is 11.6. The Hall–Kier alpha value is -1.30. The van der Waals surface area contributed by atoms with Gasteiger partial charge in [0.15, 0.2) is 0 Å². The van der Waals surface area contributed by atoms with Crippen LogP contribution in [0.2, 0.25) is 0 Å². The summed E-state index contributed by atoms with van der Waals surface area (Å²) in [5.74, 6) is -0.907. The highest BCUT2D eigenvalue weighted by Gasteiger charge is 2.34. The number of nitrogens with one attached hydrogen (secondary N) is 1. The van der Waals surface area contributed by atoms with Crippen molar-refractivity contribution in [1.82, 2.24) is 15.1 Å². The number of urea groups is 1. The molecule has 0 aromatic carbocycles. The van der Waals surface area contributed by atoms with Crippen LogP contribution in [0.3, 0.4) is 0 Å². The minimum absolute atomic E-state index is 0.249. The zero-order chi connectivity index (χ0) is 14.0. The average molecular weight is 269 g/mol. The molecule has 6 heteroatoms. The first-order valence-corrected chi connectivity index (χ1v) is 7.00. The van der Waals surface area contributed by atoms with Gasteiger partial charge in [-0.3, -0.25) is 4.90 Å². The topological polar surface area (TPSA) is 72.9 Å². The highest BCUT2D eigenvalue weighted by molar-refractivity contribution is 5.83. The molecule has 0 radical (unpaired) electrons. The zero-order valence-corrected chi connectivity index (χ0v) is 11.6. The van der Waals surface area contributed by atoms with Crippen molar-refractivity contribution in [1.29, 1.82) is 0 Å². The molecule has 108 valence electrons. The van der Waals surface area contributed by atoms with Crippen molar-refractivity contribution in [2.75, 3.05) is 20.1 Å². The Labute approximate surface area is 113 Å². The number of amides is 2. The van der Waals surface area contributed by atoms with E-state index in [0.717, 1.165) is 6.42 Å². The molecule has 2 aliphatic rings. The first-order chi connectivity index (χ1) is 9.00. The van der Waals surface area contributed by atoms with Gasteiger partial charge >= 0.3 is 12.0 Å². The summed E-state index contributed by atoms with van der Waals surface area (Å²) in [5.41, 5.74) is 0. The van der Waals surface area contributed by atoms with Gasteiger partial charge in [-0.25, -0.2) is 9.59 Å². The first-order valence-electron chi connectivity index (χ1n) is 7.00. The molecular weight excluding hydrogens is 246 g/mol. The van der Waals surface area contributed by atoms with Gasteiger partial charge in [0.2, 0.25) is 0 Å². The van der Waals surface area contributed by atoms with Crippen LogP contribution in [-0.2, 0) is 4.79 Å². The van der Waals surface area contributed by atoms with E-state index < -0.39 is 12.0 Å². The lowest BCUT2D eigenvalue weighted by molar-refractivity contribution is -0.141. The van der Waals surface area contributed by atoms with Crippen LogP contribution < -0.4 is 5.32 Å². The summed E-state index contributed by atoms with van der Waals surface area (Å²) in [7, 11) is 2.07. The van der Waals surface area contributed by atoms with Crippen molar-refractivity contribution >= 4 is 12.0 Å². The largest absolute Gasteiger partial charge is 0.480 e. The van der Waals surface area contributed by atoms with Crippen molar-refractivity contribution in [2.45, 2.75) is 50.7 Å². The summed E-state index contributed by atoms with van der Waals surface area (Å²) >= 11 is 0. The third kappa shape index (κ3) is 3.37. The molecule has 0 aromatic rings. The molecule has 2 fully saturated rings. The lowest BCUT2D eigenvalue weighted by Gasteiger charge is -2.27. The Balaban J connectivity index is 1.78. The molecule has 0 bridgehead atoms. The Morgan fingerprint density at radius 2 is 2.11 bits per heavy atom. The monoisotopic (exact) mass is 269 g/mol. The molecule has 2 atom stereocenters. The van der Waals surface area contributed by atoms with Gasteiger partial charge in [0.05, 0.1) is 0 Å². The second-order valence-corrected chi connectivity index (χ2v) is 5.62. The van der Waals surface area contributed by atoms with Crippen molar-refractivity contribution in [3.8, 4) is 0 Å². The SMILES string of the molecule is CC(CNC(=O)N1CCC[C@H]1C(=O)O)N(C)C1CC1. The Morgan fingerprint density at radius 3 is 2.68 bits per heavy atom. The molecule has 1 heterocycles. The maximum absolute atomic E-state index is 12.0. The molecule has 1 aliphatic carbocycles. The number of rotatable bonds is 5. The summed E-state index contributed by atoms with van der Waals surface area (Å²) in [6, 6.07) is 0.0326. The fraction of sp³-hybridized carbons (Fsp3) is 0.846. The van der Waals surface area contributed by atoms with Gasteiger partial charge in [0, 0.05) is 25.2 Å². The number of nitrogens with zero attached hydrogens (tertiary/aromatic N) is 2. The molecular formula is C13H23N3O3. The Bertz CT molecular complexity index is 357. The Kier molecular flexibility index (Phi) is 4.29. The average Bonchev–Trinajstić information content (AvgIpc) is 3.10. The van der Waals surface area contributed by atoms with Crippen LogP contribution in [0.15, 0.2) is 0 Å². The number of aliphatic carboxylic acids is 1. The normalized spacial score (nSPS) is 24.6. The van der Waals surface area contributed by atoms with E-state index in [1.54, 1.807) is 0 Å². The number of hydrogen-bond acceptors (Lipinski definition) is 3. The van der Waals surface area contributed by atoms with Gasteiger partial charge < -0.3 is 15.3 Å². The predicted octanol–water partition coefficient (Wildman–Crippen LogP) is 0.728. The third-order valence-corrected chi connectivity index (χ3v) is 4.17. The maximum Gasteiger partial charge on any atom is 0.326 e. The molecule has 2 rings (SSSR count). The smallest absolute Gasteiger partial charge is 0.326 e. The van der Waals surface area contributed by atoms with E-state index in [-0.39, 0.29) is 12.1 Å². The standard InChI is InChI=1S/C13H23N3O3/c1-9(15(2)10-5-6-10)8-14-13(19)16-7-3-4-11(16)12(17)18/h9-11H,3-8H2,1-2H3,(H,14,19)(H,17,18)/t9?,11-/m0/s1. The van der Waals surface area contributed by atoms with Crippen molar-refractivity contribution in [3.05, 3.63) is 0 Å². The third-order valence-electron chi connectivity index (χ3n) is 4.17. The number of likely N-dealkylation sites (N-methyl/N-ethyl adjacent to an activating group) is 1. The van der Waals surface area contributed by atoms with Gasteiger partial charge in [-0.2, -0.15) is 0 Å². The van der Waals surface area contributed by atoms with E-state index >= 15 is 0 Å². The van der Waals surface area contributed by atoms with E-state index in [2.05, 4.69) is 24.2 Å². The quantitative estimate of drug-likeness (QED) is 0.771. The molecule has 0 spiro atoms. The number of likely N-dealkylation sites (tertiary alicyclic amines) is 1. The number of hydrogen-bond donors (Lipinski definition) is 2. The molecule has 19 heavy (non-hydrogen) atoms. The van der Waals surface area contributed by atoms with E-state index in [1.807, 2.05) is 0 Å². The number of carbonyl (C=O) groups excluding carboxylic acids is 1. The molecule has 1 unspecified atom stereocenters. The van der Waals surface area contributed by atoms with Crippen LogP contribution in [0.4, 0.5) is 4.79 Å². The van der Waals surface area contributed by atoms with E-state index in [9.17, 15) is 9.59 Å². The summed E-state index contributed by atoms with van der Waals surface area (Å²) in [6.07, 6.45) is 3.80. The molecule has 2 N–H and O–H groups in total. The molecule has 1 saturated heterocycles. The van der Waals surface area contributed by atoms with Gasteiger partial charge in [0.25, 0.3) is 0 Å². The van der Waals surface area contributed by atoms with Crippen molar-refractivity contribution in [2.24, 2.45) is 0 Å². The minimum Gasteiger partial charge on any atom is -0.480 e. The van der Waals surface area contributed by atoms with Crippen molar-refractivity contribution in [3.63, 3.8) is 0 Å². The molecule has 6 nitrogen and oxygen atoms in total. The molecule has 2 amide bonds. The number of carbonyl (C=O) groups is 2. The van der Waals surface area contributed by atoms with Gasteiger partial charge in [0.1, 0.15) is 6.04 Å². The fourth-order valence-electron chi connectivity index (χ4n) is 2.59. The summed E-state index contributed by atoms with van der Waals surface area (Å²) in [6.45, 7) is 3.18. The second kappa shape index (κ2) is 5.77. The maximum atomic E-state index is 12.0. The lowest BCUT2D eigenvalue weighted by atomic mass is 10.2. The number of carboxylic acid groups (broad SMARTS) is 1. The molecule has 1 saturated carbocycles. The Morgan fingerprint density at radius 1 is 1.42 bits per heavy atom. The van der Waals surface area contributed by atoms with Crippen LogP contribution >= 0.6 is 0 Å². The van der Waals surface area contributed by atoms with E-state index in [1.165, 1.54) is 17.7 Å². The van der Waals surface area contributed by atoms with Crippen LogP contribution in [-0.4, -0.2) is 65.2 Å². The fourth-order valence-corrected chi connectivity index (χ4v) is 2.59. The summed E-state index contributed by atoms with van der Waals surface area (Å²) < 4.78 is 0. The van der Waals surface area contributed by atoms with Crippen LogP contribution in [0.5, 0.6) is 0 Å². The van der Waals surface area contributed by atoms with Gasteiger partial charge in [-0.15, -0.1) is 0 Å². The van der Waals surface area contributed by atoms with Gasteiger partial charge in [-0.05, 0) is 39.7 Å². The van der Waals surface area contributed by atoms with Crippen molar-refractivity contribution < 1.29 is 14.7 Å².